The normalized spacial score (nSPS) is 32.2. The molecule has 3 aliphatic rings. The zero-order valence-corrected chi connectivity index (χ0v) is 21.2. The molecule has 9 heteroatoms. The third kappa shape index (κ3) is 5.16. The van der Waals surface area contributed by atoms with E-state index in [0.29, 0.717) is 15.1 Å². The SMILES string of the molecule is Clc1ccc(C2OC[C@@H]3OC(c4ccc(Cl)cc4)OC[C@H]4OC(c5ccc(Cl)cc5)O[C@H]4[C@@H]3O2)cc1. The molecule has 0 amide bonds. The summed E-state index contributed by atoms with van der Waals surface area (Å²) < 4.78 is 37.9. The zero-order valence-electron chi connectivity index (χ0n) is 19.0. The summed E-state index contributed by atoms with van der Waals surface area (Å²) in [6, 6.07) is 22.2. The highest BCUT2D eigenvalue weighted by Crippen LogP contribution is 2.42. The largest absolute Gasteiger partial charge is 0.346 e. The fourth-order valence-corrected chi connectivity index (χ4v) is 5.00. The third-order valence-electron chi connectivity index (χ3n) is 6.47. The first kappa shape index (κ1) is 24.6. The van der Waals surface area contributed by atoms with Crippen molar-refractivity contribution in [1.29, 1.82) is 0 Å². The summed E-state index contributed by atoms with van der Waals surface area (Å²) >= 11 is 18.2. The lowest BCUT2D eigenvalue weighted by Crippen LogP contribution is -2.54. The second kappa shape index (κ2) is 10.6. The van der Waals surface area contributed by atoms with E-state index in [1.807, 2.05) is 60.7 Å². The minimum atomic E-state index is -0.645. The molecular weight excluding hydrogens is 527 g/mol. The number of hydrogen-bond acceptors (Lipinski definition) is 6. The second-order valence-corrected chi connectivity index (χ2v) is 10.2. The number of benzene rings is 3. The quantitative estimate of drug-likeness (QED) is 0.364. The Hall–Kier alpha value is -1.71. The predicted molar refractivity (Wildman–Crippen MR) is 134 cm³/mol. The van der Waals surface area contributed by atoms with Crippen LogP contribution >= 0.6 is 34.8 Å². The van der Waals surface area contributed by atoms with E-state index in [1.54, 1.807) is 12.1 Å². The molecule has 3 saturated heterocycles. The van der Waals surface area contributed by atoms with Gasteiger partial charge in [0.05, 0.1) is 13.2 Å². The smallest absolute Gasteiger partial charge is 0.184 e. The Bertz CT molecular complexity index is 1130. The molecule has 0 bridgehead atoms. The molecule has 3 aromatic rings. The van der Waals surface area contributed by atoms with Crippen LogP contribution in [0.25, 0.3) is 0 Å². The molecule has 36 heavy (non-hydrogen) atoms. The summed E-state index contributed by atoms with van der Waals surface area (Å²) in [7, 11) is 0. The summed E-state index contributed by atoms with van der Waals surface area (Å²) in [6.45, 7) is 0.532. The van der Waals surface area contributed by atoms with Crippen molar-refractivity contribution in [3.8, 4) is 0 Å². The Labute approximate surface area is 223 Å². The van der Waals surface area contributed by atoms with E-state index >= 15 is 0 Å². The van der Waals surface area contributed by atoms with Gasteiger partial charge < -0.3 is 28.4 Å². The van der Waals surface area contributed by atoms with Crippen LogP contribution in [-0.4, -0.2) is 37.6 Å². The van der Waals surface area contributed by atoms with E-state index in [1.165, 1.54) is 0 Å². The molecule has 0 N–H and O–H groups in total. The van der Waals surface area contributed by atoms with Crippen LogP contribution in [0.4, 0.5) is 0 Å². The van der Waals surface area contributed by atoms with Crippen molar-refractivity contribution >= 4 is 34.8 Å². The van der Waals surface area contributed by atoms with Crippen molar-refractivity contribution in [2.45, 2.75) is 43.3 Å². The highest BCUT2D eigenvalue weighted by molar-refractivity contribution is 6.31. The number of halogens is 3. The Balaban J connectivity index is 1.29. The van der Waals surface area contributed by atoms with Crippen LogP contribution in [0.2, 0.25) is 15.1 Å². The lowest BCUT2D eigenvalue weighted by Gasteiger charge is -2.42. The van der Waals surface area contributed by atoms with Gasteiger partial charge >= 0.3 is 0 Å². The molecule has 0 aromatic heterocycles. The van der Waals surface area contributed by atoms with E-state index in [9.17, 15) is 0 Å². The van der Waals surface area contributed by atoms with Gasteiger partial charge in [0.1, 0.15) is 24.4 Å². The molecular formula is C27H23Cl3O6. The van der Waals surface area contributed by atoms with Gasteiger partial charge in [0, 0.05) is 31.8 Å². The standard InChI is InChI=1S/C27H23Cl3O6/c28-18-7-1-15(2-8-18)25-31-14-22-24(36-27(34-22)17-5-11-20(30)12-6-17)23-21(33-25)13-32-26(35-23)16-3-9-19(29)10-4-16/h1-12,21-27H,13-14H2/t21-,22+,23+,24+,25?,26?,27?/m0/s1. The maximum Gasteiger partial charge on any atom is 0.184 e. The second-order valence-electron chi connectivity index (χ2n) is 8.87. The summed E-state index contributed by atoms with van der Waals surface area (Å²) in [5.74, 6) is 0. The van der Waals surface area contributed by atoms with Crippen LogP contribution in [0.3, 0.4) is 0 Å². The van der Waals surface area contributed by atoms with Gasteiger partial charge in [-0.25, -0.2) is 0 Å². The highest BCUT2D eigenvalue weighted by Gasteiger charge is 2.50. The maximum absolute atomic E-state index is 6.48. The van der Waals surface area contributed by atoms with Gasteiger partial charge in [0.2, 0.25) is 0 Å². The molecule has 188 valence electrons. The van der Waals surface area contributed by atoms with Crippen molar-refractivity contribution < 1.29 is 28.4 Å². The van der Waals surface area contributed by atoms with Crippen LogP contribution in [0, 0.1) is 0 Å². The minimum Gasteiger partial charge on any atom is -0.346 e. The molecule has 3 unspecified atom stereocenters. The summed E-state index contributed by atoms with van der Waals surface area (Å²) in [5, 5.41) is 1.92. The van der Waals surface area contributed by atoms with Gasteiger partial charge in [-0.15, -0.1) is 0 Å². The van der Waals surface area contributed by atoms with Gasteiger partial charge in [0.25, 0.3) is 0 Å². The summed E-state index contributed by atoms with van der Waals surface area (Å²) in [4.78, 5) is 0. The lowest BCUT2D eigenvalue weighted by molar-refractivity contribution is -0.324. The topological polar surface area (TPSA) is 55.4 Å². The average Bonchev–Trinajstić information content (AvgIpc) is 3.30. The molecule has 7 atom stereocenters. The van der Waals surface area contributed by atoms with E-state index in [0.717, 1.165) is 16.7 Å². The molecule has 6 nitrogen and oxygen atoms in total. The first-order valence-corrected chi connectivity index (χ1v) is 12.8. The monoisotopic (exact) mass is 548 g/mol. The van der Waals surface area contributed by atoms with Crippen molar-refractivity contribution in [2.24, 2.45) is 0 Å². The van der Waals surface area contributed by atoms with Crippen LogP contribution in [0.1, 0.15) is 35.6 Å². The van der Waals surface area contributed by atoms with E-state index in [2.05, 4.69) is 0 Å². The molecule has 0 spiro atoms. The van der Waals surface area contributed by atoms with Crippen LogP contribution in [-0.2, 0) is 28.4 Å². The van der Waals surface area contributed by atoms with E-state index in [4.69, 9.17) is 63.2 Å². The fourth-order valence-electron chi connectivity index (χ4n) is 4.62. The molecule has 0 radical (unpaired) electrons. The number of ether oxygens (including phenoxy) is 6. The molecule has 3 aromatic carbocycles. The Morgan fingerprint density at radius 2 is 0.778 bits per heavy atom. The average molecular weight is 550 g/mol. The van der Waals surface area contributed by atoms with Crippen molar-refractivity contribution in [3.05, 3.63) is 105 Å². The minimum absolute atomic E-state index is 0.251. The Kier molecular flexibility index (Phi) is 7.23. The molecule has 3 heterocycles. The van der Waals surface area contributed by atoms with Crippen LogP contribution in [0.15, 0.2) is 72.8 Å². The van der Waals surface area contributed by atoms with Crippen molar-refractivity contribution in [1.82, 2.24) is 0 Å². The van der Waals surface area contributed by atoms with Gasteiger partial charge in [-0.05, 0) is 36.4 Å². The van der Waals surface area contributed by atoms with Crippen molar-refractivity contribution in [2.75, 3.05) is 13.2 Å². The van der Waals surface area contributed by atoms with Gasteiger partial charge in [-0.2, -0.15) is 0 Å². The fraction of sp³-hybridized carbons (Fsp3) is 0.333. The first-order valence-electron chi connectivity index (χ1n) is 11.6. The Morgan fingerprint density at radius 1 is 0.444 bits per heavy atom. The molecule has 0 aliphatic carbocycles. The maximum atomic E-state index is 6.48. The number of fused-ring (bicyclic) bond motifs is 3. The van der Waals surface area contributed by atoms with E-state index in [-0.39, 0.29) is 19.3 Å². The Morgan fingerprint density at radius 3 is 1.22 bits per heavy atom. The van der Waals surface area contributed by atoms with Gasteiger partial charge in [-0.1, -0.05) is 71.2 Å². The zero-order chi connectivity index (χ0) is 24.6. The third-order valence-corrected chi connectivity index (χ3v) is 7.22. The van der Waals surface area contributed by atoms with Crippen LogP contribution < -0.4 is 0 Å². The lowest BCUT2D eigenvalue weighted by atomic mass is 10.0. The van der Waals surface area contributed by atoms with Gasteiger partial charge in [-0.3, -0.25) is 0 Å². The molecule has 0 saturated carbocycles. The van der Waals surface area contributed by atoms with Crippen molar-refractivity contribution in [3.63, 3.8) is 0 Å². The highest BCUT2D eigenvalue weighted by atomic mass is 35.5. The molecule has 3 fully saturated rings. The summed E-state index contributed by atoms with van der Waals surface area (Å²) in [6.07, 6.45) is -3.60. The molecule has 6 rings (SSSR count). The number of hydrogen-bond donors (Lipinski definition) is 0. The predicted octanol–water partition coefficient (Wildman–Crippen LogP) is 6.66. The number of rotatable bonds is 3. The first-order chi connectivity index (χ1) is 17.5. The van der Waals surface area contributed by atoms with Crippen LogP contribution in [0.5, 0.6) is 0 Å². The van der Waals surface area contributed by atoms with Gasteiger partial charge in [0.15, 0.2) is 18.9 Å². The summed E-state index contributed by atoms with van der Waals surface area (Å²) in [5.41, 5.74) is 2.55. The molecule has 3 aliphatic heterocycles. The van der Waals surface area contributed by atoms with E-state index < -0.39 is 37.2 Å².